The minimum absolute atomic E-state index is 0.0268. The van der Waals surface area contributed by atoms with Crippen molar-refractivity contribution in [1.29, 1.82) is 0 Å². The van der Waals surface area contributed by atoms with Crippen molar-refractivity contribution in [1.82, 2.24) is 24.4 Å². The van der Waals surface area contributed by atoms with Crippen molar-refractivity contribution in [2.24, 2.45) is 0 Å². The van der Waals surface area contributed by atoms with E-state index in [1.165, 1.54) is 31.0 Å². The Bertz CT molecular complexity index is 1890. The number of benzene rings is 1. The molecule has 1 amide bonds. The van der Waals surface area contributed by atoms with Gasteiger partial charge >= 0.3 is 5.97 Å². The quantitative estimate of drug-likeness (QED) is 0.201. The Hall–Kier alpha value is -4.28. The fourth-order valence-corrected chi connectivity index (χ4v) is 7.78. The molecule has 45 heavy (non-hydrogen) atoms. The van der Waals surface area contributed by atoms with Gasteiger partial charge in [-0.15, -0.1) is 11.3 Å². The maximum absolute atomic E-state index is 13.8. The zero-order chi connectivity index (χ0) is 31.1. The molecule has 0 spiro atoms. The number of carbonyl (C=O) groups excluding carboxylic acids is 1. The number of amides is 1. The van der Waals surface area contributed by atoms with Crippen molar-refractivity contribution in [2.45, 2.75) is 58.4 Å². The predicted molar refractivity (Wildman–Crippen MR) is 176 cm³/mol. The molecule has 0 bridgehead atoms. The van der Waals surface area contributed by atoms with E-state index in [0.717, 1.165) is 62.0 Å². The van der Waals surface area contributed by atoms with Crippen LogP contribution in [0.25, 0.3) is 44.1 Å². The SMILES string of the molecule is Cc1nc(C)c(-c2ccc3cc(-c4c(C5CCCCC5)cc(-c5cc(C(=O)O)c[nH]5)n4CC(=O)N4CCOCC4)ccc3n2)s1. The highest BCUT2D eigenvalue weighted by atomic mass is 32.1. The molecule has 0 atom stereocenters. The maximum atomic E-state index is 13.8. The lowest BCUT2D eigenvalue weighted by atomic mass is 9.83. The average Bonchev–Trinajstić information content (AvgIpc) is 3.78. The van der Waals surface area contributed by atoms with Crippen LogP contribution >= 0.6 is 11.3 Å². The third-order valence-electron chi connectivity index (χ3n) is 9.13. The number of carbonyl (C=O) groups is 2. The molecule has 0 radical (unpaired) electrons. The highest BCUT2D eigenvalue weighted by Crippen LogP contribution is 2.43. The van der Waals surface area contributed by atoms with E-state index in [-0.39, 0.29) is 18.0 Å². The normalized spacial score (nSPS) is 16.0. The number of pyridine rings is 1. The Morgan fingerprint density at radius 2 is 1.82 bits per heavy atom. The first-order chi connectivity index (χ1) is 21.9. The van der Waals surface area contributed by atoms with E-state index < -0.39 is 5.97 Å². The second-order valence-electron chi connectivity index (χ2n) is 12.1. The topological polar surface area (TPSA) is 113 Å². The van der Waals surface area contributed by atoms with Crippen LogP contribution in [0.3, 0.4) is 0 Å². The summed E-state index contributed by atoms with van der Waals surface area (Å²) in [6.07, 6.45) is 7.27. The summed E-state index contributed by atoms with van der Waals surface area (Å²) in [5.41, 5.74) is 7.77. The van der Waals surface area contributed by atoms with Gasteiger partial charge in [0.2, 0.25) is 5.91 Å². The van der Waals surface area contributed by atoms with Crippen LogP contribution in [0.2, 0.25) is 0 Å². The van der Waals surface area contributed by atoms with Crippen molar-refractivity contribution in [2.75, 3.05) is 26.3 Å². The highest BCUT2D eigenvalue weighted by molar-refractivity contribution is 7.15. The number of carboxylic acid groups (broad SMARTS) is 1. The molecule has 1 aliphatic heterocycles. The summed E-state index contributed by atoms with van der Waals surface area (Å²) in [7, 11) is 0. The van der Waals surface area contributed by atoms with Crippen LogP contribution in [0.5, 0.6) is 0 Å². The van der Waals surface area contributed by atoms with Gasteiger partial charge in [-0.05, 0) is 74.1 Å². The van der Waals surface area contributed by atoms with Crippen LogP contribution in [-0.4, -0.2) is 67.7 Å². The van der Waals surface area contributed by atoms with E-state index in [1.807, 2.05) is 18.7 Å². The third kappa shape index (κ3) is 5.80. The predicted octanol–water partition coefficient (Wildman–Crippen LogP) is 7.04. The van der Waals surface area contributed by atoms with Gasteiger partial charge in [0.05, 0.1) is 62.6 Å². The Labute approximate surface area is 265 Å². The molecular weight excluding hydrogens is 586 g/mol. The van der Waals surface area contributed by atoms with E-state index in [4.69, 9.17) is 9.72 Å². The van der Waals surface area contributed by atoms with E-state index in [9.17, 15) is 14.7 Å². The molecule has 1 aromatic carbocycles. The van der Waals surface area contributed by atoms with Crippen molar-refractivity contribution in [3.63, 3.8) is 0 Å². The molecule has 7 rings (SSSR count). The summed E-state index contributed by atoms with van der Waals surface area (Å²) in [4.78, 5) is 41.3. The Balaban J connectivity index is 1.38. The number of thiazole rings is 1. The van der Waals surface area contributed by atoms with E-state index in [1.54, 1.807) is 17.4 Å². The van der Waals surface area contributed by atoms with Crippen LogP contribution in [0.15, 0.2) is 48.7 Å². The first-order valence-corrected chi connectivity index (χ1v) is 16.5. The molecule has 5 heterocycles. The van der Waals surface area contributed by atoms with Gasteiger partial charge < -0.3 is 24.3 Å². The van der Waals surface area contributed by atoms with Gasteiger partial charge in [-0.1, -0.05) is 31.4 Å². The third-order valence-corrected chi connectivity index (χ3v) is 10.2. The smallest absolute Gasteiger partial charge is 0.337 e. The number of aromatic nitrogens is 4. The number of fused-ring (bicyclic) bond motifs is 1. The van der Waals surface area contributed by atoms with E-state index >= 15 is 0 Å². The number of rotatable bonds is 7. The lowest BCUT2D eigenvalue weighted by Crippen LogP contribution is -2.42. The zero-order valence-corrected chi connectivity index (χ0v) is 26.5. The second-order valence-corrected chi connectivity index (χ2v) is 13.3. The fraction of sp³-hybridized carbons (Fsp3) is 0.371. The molecule has 1 saturated carbocycles. The Morgan fingerprint density at radius 1 is 1.02 bits per heavy atom. The van der Waals surface area contributed by atoms with Crippen LogP contribution in [-0.2, 0) is 16.1 Å². The summed E-state index contributed by atoms with van der Waals surface area (Å²) >= 11 is 1.66. The summed E-state index contributed by atoms with van der Waals surface area (Å²) in [6.45, 7) is 6.38. The standard InChI is InChI=1S/C35H37N5O4S/c1-21-34(45-22(2)37-21)29-11-8-24-16-25(9-10-28(24)38-29)33-27(23-6-4-3-5-7-23)18-31(30-17-26(19-36-30)35(42)43)40(33)20-32(41)39-12-14-44-15-13-39/h8-11,16-19,23,36H,3-7,12-15,20H2,1-2H3,(H,42,43). The van der Waals surface area contributed by atoms with Gasteiger partial charge in [-0.3, -0.25) is 4.79 Å². The van der Waals surface area contributed by atoms with Gasteiger partial charge in [0.25, 0.3) is 0 Å². The summed E-state index contributed by atoms with van der Waals surface area (Å²) in [5.74, 6) is -0.605. The molecule has 5 aromatic rings. The van der Waals surface area contributed by atoms with E-state index in [0.29, 0.717) is 37.9 Å². The van der Waals surface area contributed by atoms with Gasteiger partial charge in [0.15, 0.2) is 0 Å². The number of ether oxygens (including phenoxy) is 1. The first-order valence-electron chi connectivity index (χ1n) is 15.7. The minimum Gasteiger partial charge on any atom is -0.478 e. The monoisotopic (exact) mass is 623 g/mol. The molecule has 1 saturated heterocycles. The maximum Gasteiger partial charge on any atom is 0.337 e. The van der Waals surface area contributed by atoms with Crippen LogP contribution in [0.1, 0.15) is 64.6 Å². The number of aromatic amines is 1. The molecule has 10 heteroatoms. The fourth-order valence-electron chi connectivity index (χ4n) is 6.89. The molecule has 232 valence electrons. The molecule has 9 nitrogen and oxygen atoms in total. The number of hydrogen-bond acceptors (Lipinski definition) is 6. The van der Waals surface area contributed by atoms with Crippen molar-refractivity contribution >= 4 is 34.1 Å². The van der Waals surface area contributed by atoms with Crippen LogP contribution < -0.4 is 0 Å². The molecule has 2 N–H and O–H groups in total. The van der Waals surface area contributed by atoms with Gasteiger partial charge in [-0.2, -0.15) is 0 Å². The molecule has 0 unspecified atom stereocenters. The summed E-state index contributed by atoms with van der Waals surface area (Å²) < 4.78 is 7.61. The van der Waals surface area contributed by atoms with Crippen molar-refractivity contribution in [3.8, 4) is 33.2 Å². The summed E-state index contributed by atoms with van der Waals surface area (Å²) in [5, 5.41) is 11.7. The average molecular weight is 624 g/mol. The number of nitrogens with one attached hydrogen (secondary N) is 1. The van der Waals surface area contributed by atoms with Gasteiger partial charge in [0.1, 0.15) is 6.54 Å². The molecule has 4 aromatic heterocycles. The lowest BCUT2D eigenvalue weighted by molar-refractivity contribution is -0.135. The lowest BCUT2D eigenvalue weighted by Gasteiger charge is -2.28. The zero-order valence-electron chi connectivity index (χ0n) is 25.6. The Kier molecular flexibility index (Phi) is 8.01. The molecule has 2 fully saturated rings. The first kappa shape index (κ1) is 29.4. The highest BCUT2D eigenvalue weighted by Gasteiger charge is 2.28. The van der Waals surface area contributed by atoms with Crippen molar-refractivity contribution < 1.29 is 19.4 Å². The number of aryl methyl sites for hydroxylation is 2. The Morgan fingerprint density at radius 3 is 2.53 bits per heavy atom. The number of aromatic carboxylic acids is 1. The van der Waals surface area contributed by atoms with E-state index in [2.05, 4.69) is 50.9 Å². The number of morpholine rings is 1. The number of hydrogen-bond donors (Lipinski definition) is 2. The van der Waals surface area contributed by atoms with Crippen molar-refractivity contribution in [3.05, 3.63) is 70.5 Å². The number of carboxylic acids is 1. The largest absolute Gasteiger partial charge is 0.478 e. The summed E-state index contributed by atoms with van der Waals surface area (Å²) in [6, 6.07) is 14.4. The minimum atomic E-state index is -0.988. The molecular formula is C35H37N5O4S. The van der Waals surface area contributed by atoms with Gasteiger partial charge in [0, 0.05) is 24.7 Å². The number of H-pyrrole nitrogens is 1. The van der Waals surface area contributed by atoms with Crippen LogP contribution in [0, 0.1) is 13.8 Å². The van der Waals surface area contributed by atoms with Gasteiger partial charge in [-0.25, -0.2) is 14.8 Å². The second kappa shape index (κ2) is 12.3. The van der Waals surface area contributed by atoms with Crippen LogP contribution in [0.4, 0.5) is 0 Å². The molecule has 2 aliphatic rings. The number of nitrogens with zero attached hydrogens (tertiary/aromatic N) is 4. The molecule has 1 aliphatic carbocycles.